The van der Waals surface area contributed by atoms with E-state index in [0.29, 0.717) is 11.5 Å². The number of unbranched alkanes of at least 4 members (excludes halogenated alkanes) is 1. The van der Waals surface area contributed by atoms with Crippen molar-refractivity contribution in [2.75, 3.05) is 19.6 Å². The Labute approximate surface area is 136 Å². The number of aromatic nitrogens is 2. The second kappa shape index (κ2) is 7.13. The van der Waals surface area contributed by atoms with Gasteiger partial charge in [0.1, 0.15) is 5.65 Å². The molecule has 1 aliphatic rings. The van der Waals surface area contributed by atoms with E-state index in [-0.39, 0.29) is 0 Å². The Hall–Kier alpha value is -1.88. The Morgan fingerprint density at radius 1 is 1.39 bits per heavy atom. The van der Waals surface area contributed by atoms with Crippen molar-refractivity contribution in [3.8, 4) is 0 Å². The number of hydrogen-bond acceptors (Lipinski definition) is 3. The molecule has 5 nitrogen and oxygen atoms in total. The number of carboxylic acid groups (broad SMARTS) is 1. The Kier molecular flexibility index (Phi) is 4.96. The third kappa shape index (κ3) is 3.55. The van der Waals surface area contributed by atoms with Crippen molar-refractivity contribution in [1.82, 2.24) is 14.5 Å². The van der Waals surface area contributed by atoms with Gasteiger partial charge in [-0.1, -0.05) is 13.3 Å². The first-order chi connectivity index (χ1) is 11.2. The van der Waals surface area contributed by atoms with Crippen LogP contribution in [0.2, 0.25) is 0 Å². The summed E-state index contributed by atoms with van der Waals surface area (Å²) in [5.41, 5.74) is 1.15. The molecule has 0 aromatic carbocycles. The topological polar surface area (TPSA) is 58.4 Å². The maximum Gasteiger partial charge on any atom is 0.337 e. The van der Waals surface area contributed by atoms with Gasteiger partial charge >= 0.3 is 5.97 Å². The van der Waals surface area contributed by atoms with Crippen molar-refractivity contribution in [2.45, 2.75) is 39.2 Å². The lowest BCUT2D eigenvalue weighted by atomic mass is 9.96. The van der Waals surface area contributed by atoms with Gasteiger partial charge in [-0.15, -0.1) is 0 Å². The summed E-state index contributed by atoms with van der Waals surface area (Å²) in [5, 5.41) is 10.1. The van der Waals surface area contributed by atoms with E-state index in [4.69, 9.17) is 0 Å². The minimum atomic E-state index is -0.879. The van der Waals surface area contributed by atoms with Crippen LogP contribution in [0.3, 0.4) is 0 Å². The maximum atomic E-state index is 11.4. The summed E-state index contributed by atoms with van der Waals surface area (Å²) in [6, 6.07) is 3.64. The molecule has 0 atom stereocenters. The number of pyridine rings is 1. The molecular formula is C18H25N3O2. The molecule has 5 heteroatoms. The molecule has 1 fully saturated rings. The van der Waals surface area contributed by atoms with Gasteiger partial charge in [0.15, 0.2) is 0 Å². The van der Waals surface area contributed by atoms with Gasteiger partial charge in [0.2, 0.25) is 0 Å². The quantitative estimate of drug-likeness (QED) is 0.889. The first kappa shape index (κ1) is 16.0. The van der Waals surface area contributed by atoms with Crippen molar-refractivity contribution >= 4 is 17.0 Å². The molecular weight excluding hydrogens is 290 g/mol. The molecule has 3 rings (SSSR count). The average molecular weight is 315 g/mol. The van der Waals surface area contributed by atoms with Crippen molar-refractivity contribution in [1.29, 1.82) is 0 Å². The van der Waals surface area contributed by atoms with Gasteiger partial charge in [-0.2, -0.15) is 0 Å². The Morgan fingerprint density at radius 2 is 2.17 bits per heavy atom. The second-order valence-corrected chi connectivity index (χ2v) is 6.51. The molecule has 0 saturated carbocycles. The Balaban J connectivity index is 1.69. The SMILES string of the molecule is CCCCN1CCC(Cn2cc(C(=O)O)c3cccnc32)CC1. The summed E-state index contributed by atoms with van der Waals surface area (Å²) < 4.78 is 2.03. The van der Waals surface area contributed by atoms with E-state index in [1.165, 1.54) is 32.2 Å². The lowest BCUT2D eigenvalue weighted by Crippen LogP contribution is -2.35. The van der Waals surface area contributed by atoms with Crippen LogP contribution in [-0.2, 0) is 6.54 Å². The zero-order valence-electron chi connectivity index (χ0n) is 13.7. The van der Waals surface area contributed by atoms with Crippen molar-refractivity contribution < 1.29 is 9.90 Å². The molecule has 0 bridgehead atoms. The maximum absolute atomic E-state index is 11.4. The minimum absolute atomic E-state index is 0.355. The normalized spacial score (nSPS) is 16.9. The molecule has 0 spiro atoms. The monoisotopic (exact) mass is 315 g/mol. The number of carboxylic acids is 1. The van der Waals surface area contributed by atoms with Crippen molar-refractivity contribution in [3.63, 3.8) is 0 Å². The van der Waals surface area contributed by atoms with Gasteiger partial charge in [0.25, 0.3) is 0 Å². The molecule has 0 unspecified atom stereocenters. The van der Waals surface area contributed by atoms with E-state index in [1.807, 2.05) is 10.6 Å². The zero-order chi connectivity index (χ0) is 16.2. The lowest BCUT2D eigenvalue weighted by Gasteiger charge is -2.32. The van der Waals surface area contributed by atoms with Crippen LogP contribution < -0.4 is 0 Å². The van der Waals surface area contributed by atoms with Crippen LogP contribution in [0.1, 0.15) is 43.0 Å². The third-order valence-electron chi connectivity index (χ3n) is 4.85. The highest BCUT2D eigenvalue weighted by Gasteiger charge is 2.21. The number of aromatic carboxylic acids is 1. The van der Waals surface area contributed by atoms with Crippen LogP contribution in [0.4, 0.5) is 0 Å². The number of carbonyl (C=O) groups is 1. The molecule has 0 amide bonds. The van der Waals surface area contributed by atoms with Crippen LogP contribution >= 0.6 is 0 Å². The van der Waals surface area contributed by atoms with Gasteiger partial charge in [-0.05, 0) is 56.9 Å². The van der Waals surface area contributed by atoms with Gasteiger partial charge < -0.3 is 14.6 Å². The van der Waals surface area contributed by atoms with Gasteiger partial charge in [-0.25, -0.2) is 9.78 Å². The second-order valence-electron chi connectivity index (χ2n) is 6.51. The highest BCUT2D eigenvalue weighted by molar-refractivity contribution is 6.02. The number of hydrogen-bond donors (Lipinski definition) is 1. The first-order valence-electron chi connectivity index (χ1n) is 8.58. The molecule has 3 heterocycles. The average Bonchev–Trinajstić information content (AvgIpc) is 2.93. The molecule has 23 heavy (non-hydrogen) atoms. The lowest BCUT2D eigenvalue weighted by molar-refractivity contribution is 0.0698. The van der Waals surface area contributed by atoms with Gasteiger partial charge in [0, 0.05) is 24.3 Å². The number of fused-ring (bicyclic) bond motifs is 1. The predicted molar refractivity (Wildman–Crippen MR) is 90.8 cm³/mol. The summed E-state index contributed by atoms with van der Waals surface area (Å²) in [6.45, 7) is 6.62. The summed E-state index contributed by atoms with van der Waals surface area (Å²) in [6.07, 6.45) is 8.37. The third-order valence-corrected chi connectivity index (χ3v) is 4.85. The van der Waals surface area contributed by atoms with E-state index in [0.717, 1.165) is 30.7 Å². The van der Waals surface area contributed by atoms with Crippen LogP contribution in [0, 0.1) is 5.92 Å². The minimum Gasteiger partial charge on any atom is -0.478 e. The molecule has 0 radical (unpaired) electrons. The van der Waals surface area contributed by atoms with E-state index in [2.05, 4.69) is 16.8 Å². The summed E-state index contributed by atoms with van der Waals surface area (Å²) in [5.74, 6) is -0.275. The summed E-state index contributed by atoms with van der Waals surface area (Å²) >= 11 is 0. The highest BCUT2D eigenvalue weighted by atomic mass is 16.4. The molecule has 2 aromatic heterocycles. The van der Waals surface area contributed by atoms with Crippen LogP contribution in [0.25, 0.3) is 11.0 Å². The van der Waals surface area contributed by atoms with Crippen LogP contribution in [-0.4, -0.2) is 45.2 Å². The number of nitrogens with zero attached hydrogens (tertiary/aromatic N) is 3. The van der Waals surface area contributed by atoms with Crippen molar-refractivity contribution in [3.05, 3.63) is 30.1 Å². The van der Waals surface area contributed by atoms with E-state index < -0.39 is 5.97 Å². The van der Waals surface area contributed by atoms with Gasteiger partial charge in [0.05, 0.1) is 5.56 Å². The Bertz CT molecular complexity index is 672. The molecule has 1 saturated heterocycles. The molecule has 2 aromatic rings. The highest BCUT2D eigenvalue weighted by Crippen LogP contribution is 2.24. The fourth-order valence-corrected chi connectivity index (χ4v) is 3.48. The van der Waals surface area contributed by atoms with Crippen LogP contribution in [0.5, 0.6) is 0 Å². The fraction of sp³-hybridized carbons (Fsp3) is 0.556. The smallest absolute Gasteiger partial charge is 0.337 e. The summed E-state index contributed by atoms with van der Waals surface area (Å²) in [7, 11) is 0. The Morgan fingerprint density at radius 3 is 2.87 bits per heavy atom. The van der Waals surface area contributed by atoms with E-state index in [9.17, 15) is 9.90 Å². The van der Waals surface area contributed by atoms with E-state index >= 15 is 0 Å². The largest absolute Gasteiger partial charge is 0.478 e. The molecule has 1 N–H and O–H groups in total. The van der Waals surface area contributed by atoms with E-state index in [1.54, 1.807) is 18.5 Å². The van der Waals surface area contributed by atoms with Crippen LogP contribution in [0.15, 0.2) is 24.5 Å². The van der Waals surface area contributed by atoms with Gasteiger partial charge in [-0.3, -0.25) is 0 Å². The van der Waals surface area contributed by atoms with Crippen molar-refractivity contribution in [2.24, 2.45) is 5.92 Å². The first-order valence-corrected chi connectivity index (χ1v) is 8.58. The zero-order valence-corrected chi connectivity index (χ0v) is 13.7. The summed E-state index contributed by atoms with van der Waals surface area (Å²) in [4.78, 5) is 18.4. The number of piperidine rings is 1. The standard InChI is InChI=1S/C18H25N3O2/c1-2-3-9-20-10-6-14(7-11-20)12-21-13-16(18(22)23)15-5-4-8-19-17(15)21/h4-5,8,13-14H,2-3,6-7,9-12H2,1H3,(H,22,23). The predicted octanol–water partition coefficient (Wildman–Crippen LogP) is 3.25. The molecule has 0 aliphatic carbocycles. The molecule has 124 valence electrons. The number of likely N-dealkylation sites (tertiary alicyclic amines) is 1. The molecule has 1 aliphatic heterocycles. The number of rotatable bonds is 6. The fourth-order valence-electron chi connectivity index (χ4n) is 3.48.